The van der Waals surface area contributed by atoms with E-state index < -0.39 is 31.0 Å². The van der Waals surface area contributed by atoms with Gasteiger partial charge in [0.2, 0.25) is 6.10 Å². The van der Waals surface area contributed by atoms with E-state index in [-0.39, 0.29) is 12.1 Å². The molecule has 0 radical (unpaired) electrons. The molecule has 0 spiro atoms. The van der Waals surface area contributed by atoms with E-state index in [0.29, 0.717) is 0 Å². The predicted octanol–water partition coefficient (Wildman–Crippen LogP) is -0.0606. The molecule has 0 aromatic rings. The van der Waals surface area contributed by atoms with Gasteiger partial charge in [0.25, 0.3) is 12.3 Å². The Bertz CT molecular complexity index is 332. The number of carboxylic acids is 1. The van der Waals surface area contributed by atoms with Crippen molar-refractivity contribution in [3.05, 3.63) is 0 Å². The number of likely N-dealkylation sites (N-methyl/N-ethyl adjacent to an activating group) is 1. The van der Waals surface area contributed by atoms with Crippen LogP contribution in [0.5, 0.6) is 0 Å². The summed E-state index contributed by atoms with van der Waals surface area (Å²) in [5.41, 5.74) is -0.288. The van der Waals surface area contributed by atoms with E-state index >= 15 is 0 Å². The van der Waals surface area contributed by atoms with Crippen molar-refractivity contribution >= 4 is 17.6 Å². The summed E-state index contributed by atoms with van der Waals surface area (Å²) >= 11 is 0. The third-order valence-electron chi connectivity index (χ3n) is 1.98. The summed E-state index contributed by atoms with van der Waals surface area (Å²) in [6.07, 6.45) is -3.97. The lowest BCUT2D eigenvalue weighted by atomic mass is 10.1. The molecular formula is C8H10F2N2O4. The predicted molar refractivity (Wildman–Crippen MR) is 48.2 cm³/mol. The van der Waals surface area contributed by atoms with Gasteiger partial charge in [0.15, 0.2) is 5.71 Å². The number of rotatable bonds is 4. The number of amides is 1. The topological polar surface area (TPSA) is 79.2 Å². The van der Waals surface area contributed by atoms with Crippen molar-refractivity contribution in [3.63, 3.8) is 0 Å². The van der Waals surface area contributed by atoms with Crippen LogP contribution in [0.15, 0.2) is 5.16 Å². The fourth-order valence-electron chi connectivity index (χ4n) is 1.18. The monoisotopic (exact) mass is 236 g/mol. The van der Waals surface area contributed by atoms with Crippen LogP contribution in [-0.2, 0) is 14.4 Å². The lowest BCUT2D eigenvalue weighted by Gasteiger charge is -2.18. The molecule has 0 aromatic carbocycles. The number of carbonyl (C=O) groups is 2. The van der Waals surface area contributed by atoms with Crippen molar-refractivity contribution in [2.45, 2.75) is 19.0 Å². The summed E-state index contributed by atoms with van der Waals surface area (Å²) in [7, 11) is 1.19. The van der Waals surface area contributed by atoms with Gasteiger partial charge in [-0.15, -0.1) is 0 Å². The van der Waals surface area contributed by atoms with Crippen LogP contribution in [0, 0.1) is 0 Å². The van der Waals surface area contributed by atoms with Gasteiger partial charge in [0.1, 0.15) is 0 Å². The highest BCUT2D eigenvalue weighted by Crippen LogP contribution is 2.13. The molecule has 1 unspecified atom stereocenters. The average molecular weight is 236 g/mol. The Hall–Kier alpha value is -1.73. The van der Waals surface area contributed by atoms with E-state index in [4.69, 9.17) is 5.11 Å². The van der Waals surface area contributed by atoms with Gasteiger partial charge in [-0.1, -0.05) is 5.16 Å². The van der Waals surface area contributed by atoms with E-state index in [1.807, 2.05) is 0 Å². The summed E-state index contributed by atoms with van der Waals surface area (Å²) < 4.78 is 24.0. The van der Waals surface area contributed by atoms with Gasteiger partial charge >= 0.3 is 5.97 Å². The summed E-state index contributed by atoms with van der Waals surface area (Å²) in [5.74, 6) is -1.99. The highest BCUT2D eigenvalue weighted by molar-refractivity contribution is 6.36. The molecule has 0 saturated carbocycles. The van der Waals surface area contributed by atoms with Crippen LogP contribution in [0.3, 0.4) is 0 Å². The van der Waals surface area contributed by atoms with E-state index in [2.05, 4.69) is 9.99 Å². The van der Waals surface area contributed by atoms with Crippen LogP contribution >= 0.6 is 0 Å². The minimum Gasteiger partial charge on any atom is -0.477 e. The zero-order valence-electron chi connectivity index (χ0n) is 8.39. The smallest absolute Gasteiger partial charge is 0.353 e. The minimum absolute atomic E-state index is 0.207. The minimum atomic E-state index is -2.64. The van der Waals surface area contributed by atoms with Crippen molar-refractivity contribution in [2.24, 2.45) is 5.16 Å². The molecule has 8 heteroatoms. The molecule has 0 aromatic heterocycles. The van der Waals surface area contributed by atoms with Gasteiger partial charge in [-0.3, -0.25) is 4.79 Å². The Balaban J connectivity index is 2.50. The standard InChI is InChI=1S/C8H10F2N2O4/c1-12(3-6(9)10)7(13)5-2-4(8(14)15)11-16-5/h5-6H,2-3H2,1H3,(H,14,15). The summed E-state index contributed by atoms with van der Waals surface area (Å²) in [5, 5.41) is 11.7. The van der Waals surface area contributed by atoms with Crippen LogP contribution in [0.25, 0.3) is 0 Å². The van der Waals surface area contributed by atoms with Crippen molar-refractivity contribution < 1.29 is 28.3 Å². The second-order valence-electron chi connectivity index (χ2n) is 3.25. The molecule has 1 amide bonds. The largest absolute Gasteiger partial charge is 0.477 e. The number of hydrogen-bond acceptors (Lipinski definition) is 4. The second kappa shape index (κ2) is 4.86. The number of carboxylic acid groups (broad SMARTS) is 1. The number of alkyl halides is 2. The molecule has 6 nitrogen and oxygen atoms in total. The first-order valence-electron chi connectivity index (χ1n) is 4.41. The fourth-order valence-corrected chi connectivity index (χ4v) is 1.18. The van der Waals surface area contributed by atoms with Crippen LogP contribution in [0.4, 0.5) is 8.78 Å². The number of halogens is 2. The van der Waals surface area contributed by atoms with E-state index in [1.165, 1.54) is 7.05 Å². The lowest BCUT2D eigenvalue weighted by molar-refractivity contribution is -0.142. The molecule has 1 N–H and O–H groups in total. The zero-order chi connectivity index (χ0) is 12.3. The normalized spacial score (nSPS) is 19.2. The maximum Gasteiger partial charge on any atom is 0.353 e. The molecule has 0 fully saturated rings. The fraction of sp³-hybridized carbons (Fsp3) is 0.625. The first-order valence-corrected chi connectivity index (χ1v) is 4.41. The number of carbonyl (C=O) groups excluding carboxylic acids is 1. The third-order valence-corrected chi connectivity index (χ3v) is 1.98. The molecule has 1 rings (SSSR count). The highest BCUT2D eigenvalue weighted by Gasteiger charge is 2.33. The lowest BCUT2D eigenvalue weighted by Crippen LogP contribution is -2.39. The summed E-state index contributed by atoms with van der Waals surface area (Å²) in [4.78, 5) is 27.3. The van der Waals surface area contributed by atoms with E-state index in [1.54, 1.807) is 0 Å². The van der Waals surface area contributed by atoms with Crippen molar-refractivity contribution in [2.75, 3.05) is 13.6 Å². The van der Waals surface area contributed by atoms with Crippen molar-refractivity contribution in [1.82, 2.24) is 4.90 Å². The first-order chi connectivity index (χ1) is 7.41. The van der Waals surface area contributed by atoms with Gasteiger partial charge in [-0.25, -0.2) is 13.6 Å². The Kier molecular flexibility index (Phi) is 3.75. The van der Waals surface area contributed by atoms with Crippen LogP contribution < -0.4 is 0 Å². The maximum atomic E-state index is 12.0. The molecule has 90 valence electrons. The molecule has 0 aliphatic carbocycles. The SMILES string of the molecule is CN(CC(F)F)C(=O)C1CC(C(=O)O)=NO1. The van der Waals surface area contributed by atoms with E-state index in [9.17, 15) is 18.4 Å². The average Bonchev–Trinajstić information content (AvgIpc) is 2.64. The zero-order valence-corrected chi connectivity index (χ0v) is 8.39. The highest BCUT2D eigenvalue weighted by atomic mass is 19.3. The van der Waals surface area contributed by atoms with Gasteiger partial charge in [0.05, 0.1) is 6.54 Å². The molecule has 1 atom stereocenters. The molecule has 1 heterocycles. The maximum absolute atomic E-state index is 12.0. The second-order valence-corrected chi connectivity index (χ2v) is 3.25. The molecular weight excluding hydrogens is 226 g/mol. The van der Waals surface area contributed by atoms with Crippen LogP contribution in [-0.4, -0.2) is 53.7 Å². The molecule has 0 bridgehead atoms. The summed E-state index contributed by atoms with van der Waals surface area (Å²) in [6, 6.07) is 0. The molecule has 1 aliphatic heterocycles. The van der Waals surface area contributed by atoms with Crippen molar-refractivity contribution in [3.8, 4) is 0 Å². The Labute approximate surface area is 89.5 Å². The molecule has 1 aliphatic rings. The number of nitrogens with zero attached hydrogens (tertiary/aromatic N) is 2. The van der Waals surface area contributed by atoms with Gasteiger partial charge in [-0.05, 0) is 0 Å². The van der Waals surface area contributed by atoms with Gasteiger partial charge in [0, 0.05) is 13.5 Å². The number of aliphatic carboxylic acids is 1. The van der Waals surface area contributed by atoms with Crippen LogP contribution in [0.1, 0.15) is 6.42 Å². The number of hydrogen-bond donors (Lipinski definition) is 1. The van der Waals surface area contributed by atoms with Crippen LogP contribution in [0.2, 0.25) is 0 Å². The first kappa shape index (κ1) is 12.3. The van der Waals surface area contributed by atoms with Crippen molar-refractivity contribution in [1.29, 1.82) is 0 Å². The Morgan fingerprint density at radius 3 is 2.75 bits per heavy atom. The van der Waals surface area contributed by atoms with Gasteiger partial charge in [-0.2, -0.15) is 0 Å². The number of oxime groups is 1. The third kappa shape index (κ3) is 2.88. The Morgan fingerprint density at radius 2 is 2.31 bits per heavy atom. The molecule has 0 saturated heterocycles. The quantitative estimate of drug-likeness (QED) is 0.741. The van der Waals surface area contributed by atoms with E-state index in [0.717, 1.165) is 4.90 Å². The van der Waals surface area contributed by atoms with Gasteiger partial charge < -0.3 is 14.8 Å². The Morgan fingerprint density at radius 1 is 1.69 bits per heavy atom. The molecule has 16 heavy (non-hydrogen) atoms. The summed E-state index contributed by atoms with van der Waals surface area (Å²) in [6.45, 7) is -0.721.